The maximum Gasteiger partial charge on any atom is 0.241 e. The van der Waals surface area contributed by atoms with Gasteiger partial charge in [-0.1, -0.05) is 23.7 Å². The van der Waals surface area contributed by atoms with E-state index in [1.807, 2.05) is 25.1 Å². The summed E-state index contributed by atoms with van der Waals surface area (Å²) in [5.74, 6) is 12.7. The Kier molecular flexibility index (Phi) is 6.73. The number of aryl methyl sites for hydroxylation is 1. The van der Waals surface area contributed by atoms with Crippen LogP contribution in [0.2, 0.25) is 5.15 Å². The molecule has 0 unspecified atom stereocenters. The molecule has 0 amide bonds. The molecule has 0 aliphatic carbocycles. The van der Waals surface area contributed by atoms with E-state index in [0.29, 0.717) is 28.3 Å². The molecule has 1 aromatic carbocycles. The Labute approximate surface area is 184 Å². The molecule has 11 heteroatoms. The van der Waals surface area contributed by atoms with Gasteiger partial charge >= 0.3 is 0 Å². The number of thiocarbonyl (C=S) groups is 1. The fraction of sp³-hybridized carbons (Fsp3) is 0.211. The molecule has 3 rings (SSSR count). The van der Waals surface area contributed by atoms with Gasteiger partial charge in [0.2, 0.25) is 16.9 Å². The first-order chi connectivity index (χ1) is 14.3. The molecule has 0 saturated heterocycles. The number of hydrogen-bond donors (Lipinski definition) is 2. The zero-order valence-electron chi connectivity index (χ0n) is 16.7. The van der Waals surface area contributed by atoms with Crippen molar-refractivity contribution in [3.05, 3.63) is 58.9 Å². The maximum atomic E-state index is 6.17. The van der Waals surface area contributed by atoms with Gasteiger partial charge in [0, 0.05) is 24.9 Å². The summed E-state index contributed by atoms with van der Waals surface area (Å²) in [7, 11) is 3.14. The van der Waals surface area contributed by atoms with Crippen molar-refractivity contribution in [1.82, 2.24) is 19.8 Å². The van der Waals surface area contributed by atoms with Crippen molar-refractivity contribution < 1.29 is 9.47 Å². The SMILES string of the molecule is COc1nc(Cl)ccc1-n1ccc(OCc2c(C)cccc2N(N)C(=S)N(C)N)n1. The largest absolute Gasteiger partial charge is 0.479 e. The van der Waals surface area contributed by atoms with Crippen molar-refractivity contribution in [2.75, 3.05) is 19.2 Å². The number of nitrogens with zero attached hydrogens (tertiary/aromatic N) is 5. The lowest BCUT2D eigenvalue weighted by atomic mass is 10.1. The lowest BCUT2D eigenvalue weighted by Gasteiger charge is -2.26. The summed E-state index contributed by atoms with van der Waals surface area (Å²) < 4.78 is 12.8. The van der Waals surface area contributed by atoms with Gasteiger partial charge in [0.05, 0.1) is 12.8 Å². The number of anilines is 1. The van der Waals surface area contributed by atoms with Crippen molar-refractivity contribution >= 4 is 34.6 Å². The second-order valence-electron chi connectivity index (χ2n) is 6.39. The summed E-state index contributed by atoms with van der Waals surface area (Å²) in [5.41, 5.74) is 3.19. The summed E-state index contributed by atoms with van der Waals surface area (Å²) in [5, 5.41) is 7.66. The lowest BCUT2D eigenvalue weighted by Crippen LogP contribution is -2.48. The van der Waals surface area contributed by atoms with Crippen LogP contribution in [0.5, 0.6) is 11.8 Å². The van der Waals surface area contributed by atoms with E-state index < -0.39 is 0 Å². The van der Waals surface area contributed by atoms with E-state index in [1.165, 1.54) is 17.1 Å². The van der Waals surface area contributed by atoms with Crippen molar-refractivity contribution in [2.24, 2.45) is 11.7 Å². The Morgan fingerprint density at radius 3 is 2.70 bits per heavy atom. The van der Waals surface area contributed by atoms with Crippen LogP contribution in [0.25, 0.3) is 5.69 Å². The van der Waals surface area contributed by atoms with E-state index >= 15 is 0 Å². The Hall–Kier alpha value is -2.92. The minimum absolute atomic E-state index is 0.236. The van der Waals surface area contributed by atoms with Crippen LogP contribution < -0.4 is 26.2 Å². The number of benzene rings is 1. The number of ether oxygens (including phenoxy) is 2. The smallest absolute Gasteiger partial charge is 0.241 e. The molecule has 2 heterocycles. The molecule has 30 heavy (non-hydrogen) atoms. The van der Waals surface area contributed by atoms with Gasteiger partial charge in [-0.05, 0) is 42.9 Å². The second-order valence-corrected chi connectivity index (χ2v) is 7.14. The highest BCUT2D eigenvalue weighted by Crippen LogP contribution is 2.26. The van der Waals surface area contributed by atoms with Crippen LogP contribution >= 0.6 is 23.8 Å². The van der Waals surface area contributed by atoms with Crippen LogP contribution in [0.4, 0.5) is 5.69 Å². The molecule has 0 bridgehead atoms. The normalized spacial score (nSPS) is 10.6. The van der Waals surface area contributed by atoms with Gasteiger partial charge in [0.1, 0.15) is 17.4 Å². The first kappa shape index (κ1) is 21.8. The number of aromatic nitrogens is 3. The molecule has 0 saturated carbocycles. The van der Waals surface area contributed by atoms with Crippen molar-refractivity contribution in [1.29, 1.82) is 0 Å². The number of hydrazine groups is 2. The highest BCUT2D eigenvalue weighted by Gasteiger charge is 2.17. The van der Waals surface area contributed by atoms with Crippen molar-refractivity contribution in [2.45, 2.75) is 13.5 Å². The van der Waals surface area contributed by atoms with E-state index in [4.69, 9.17) is 45.0 Å². The molecule has 4 N–H and O–H groups in total. The molecule has 0 radical (unpaired) electrons. The molecule has 0 aliphatic rings. The monoisotopic (exact) mass is 447 g/mol. The third kappa shape index (κ3) is 4.62. The summed E-state index contributed by atoms with van der Waals surface area (Å²) >= 11 is 11.2. The summed E-state index contributed by atoms with van der Waals surface area (Å²) in [4.78, 5) is 4.14. The first-order valence-corrected chi connectivity index (χ1v) is 9.65. The van der Waals surface area contributed by atoms with Crippen LogP contribution in [-0.2, 0) is 6.61 Å². The van der Waals surface area contributed by atoms with Crippen molar-refractivity contribution in [3.63, 3.8) is 0 Å². The minimum Gasteiger partial charge on any atom is -0.479 e. The molecule has 9 nitrogen and oxygen atoms in total. The summed E-state index contributed by atoms with van der Waals surface area (Å²) in [6.45, 7) is 2.20. The Morgan fingerprint density at radius 2 is 2.00 bits per heavy atom. The molecule has 0 fully saturated rings. The summed E-state index contributed by atoms with van der Waals surface area (Å²) in [6, 6.07) is 10.9. The number of methoxy groups -OCH3 is 1. The van der Waals surface area contributed by atoms with Gasteiger partial charge in [-0.25, -0.2) is 16.4 Å². The Bertz CT molecular complexity index is 1060. The fourth-order valence-corrected chi connectivity index (χ4v) is 3.01. The molecule has 0 atom stereocenters. The standard InChI is InChI=1S/C19H22ClN7O2S/c1-12-5-4-6-14(27(22)19(30)25(2)21)13(12)11-29-17-9-10-26(24-17)15-7-8-16(20)23-18(15)28-3/h4-10H,11,21-22H2,1-3H3. The molecule has 0 spiro atoms. The topological polar surface area (TPSA) is 108 Å². The van der Waals surface area contributed by atoms with Crippen LogP contribution in [-0.4, -0.2) is 39.0 Å². The number of nitrogens with two attached hydrogens (primary N) is 2. The van der Waals surface area contributed by atoms with Crippen molar-refractivity contribution in [3.8, 4) is 17.4 Å². The number of hydrogen-bond acceptors (Lipinski definition) is 7. The molecule has 158 valence electrons. The average molecular weight is 448 g/mol. The Balaban J connectivity index is 1.82. The van der Waals surface area contributed by atoms with Gasteiger partial charge in [-0.3, -0.25) is 10.0 Å². The summed E-state index contributed by atoms with van der Waals surface area (Å²) in [6.07, 6.45) is 1.75. The van der Waals surface area contributed by atoms with Crippen LogP contribution in [0.15, 0.2) is 42.6 Å². The minimum atomic E-state index is 0.236. The number of pyridine rings is 1. The first-order valence-electron chi connectivity index (χ1n) is 8.87. The predicted octanol–water partition coefficient (Wildman–Crippen LogP) is 2.59. The zero-order valence-corrected chi connectivity index (χ0v) is 18.3. The van der Waals surface area contributed by atoms with Crippen LogP contribution in [0, 0.1) is 6.92 Å². The lowest BCUT2D eigenvalue weighted by molar-refractivity contribution is 0.291. The Morgan fingerprint density at radius 1 is 1.23 bits per heavy atom. The van der Waals surface area contributed by atoms with Gasteiger partial charge in [0.15, 0.2) is 0 Å². The molecular formula is C19H22ClN7O2S. The van der Waals surface area contributed by atoms with E-state index in [0.717, 1.165) is 11.1 Å². The van der Waals surface area contributed by atoms with Gasteiger partial charge in [-0.15, -0.1) is 5.10 Å². The fourth-order valence-electron chi connectivity index (χ4n) is 2.77. The molecule has 3 aromatic rings. The van der Waals surface area contributed by atoms with Crippen LogP contribution in [0.3, 0.4) is 0 Å². The number of halogens is 1. The average Bonchev–Trinajstić information content (AvgIpc) is 3.20. The number of rotatable bonds is 6. The third-order valence-corrected chi connectivity index (χ3v) is 5.02. The van der Waals surface area contributed by atoms with E-state index in [-0.39, 0.29) is 11.7 Å². The van der Waals surface area contributed by atoms with Gasteiger partial charge < -0.3 is 9.47 Å². The van der Waals surface area contributed by atoms with Gasteiger partial charge in [-0.2, -0.15) is 4.98 Å². The van der Waals surface area contributed by atoms with Crippen LogP contribution in [0.1, 0.15) is 11.1 Å². The van der Waals surface area contributed by atoms with Gasteiger partial charge in [0.25, 0.3) is 0 Å². The second kappa shape index (κ2) is 9.26. The van der Waals surface area contributed by atoms with E-state index in [2.05, 4.69) is 10.1 Å². The quantitative estimate of drug-likeness (QED) is 0.255. The highest BCUT2D eigenvalue weighted by atomic mass is 35.5. The zero-order chi connectivity index (χ0) is 21.8. The molecular weight excluding hydrogens is 426 g/mol. The van der Waals surface area contributed by atoms with E-state index in [1.54, 1.807) is 36.1 Å². The maximum absolute atomic E-state index is 6.17. The molecule has 2 aromatic heterocycles. The predicted molar refractivity (Wildman–Crippen MR) is 120 cm³/mol. The third-order valence-electron chi connectivity index (χ3n) is 4.33. The molecule has 0 aliphatic heterocycles. The van der Waals surface area contributed by atoms with E-state index in [9.17, 15) is 0 Å². The highest BCUT2D eigenvalue weighted by molar-refractivity contribution is 7.80.